The van der Waals surface area contributed by atoms with Gasteiger partial charge >= 0.3 is 5.97 Å². The first-order valence-electron chi connectivity index (χ1n) is 8.53. The molecule has 0 spiro atoms. The number of carbonyl (C=O) groups excluding carboxylic acids is 1. The van der Waals surface area contributed by atoms with Crippen molar-refractivity contribution in [2.24, 2.45) is 5.92 Å². The zero-order valence-electron chi connectivity index (χ0n) is 14.0. The normalized spacial score (nSPS) is 26.3. The van der Waals surface area contributed by atoms with Crippen molar-refractivity contribution < 1.29 is 9.53 Å². The zero-order valence-corrected chi connectivity index (χ0v) is 14.0. The van der Waals surface area contributed by atoms with Gasteiger partial charge in [0.05, 0.1) is 13.0 Å². The monoisotopic (exact) mass is 312 g/mol. The number of ether oxygens (including phenoxy) is 1. The third-order valence-electron chi connectivity index (χ3n) is 5.55. The van der Waals surface area contributed by atoms with Crippen molar-refractivity contribution in [3.8, 4) is 0 Å². The summed E-state index contributed by atoms with van der Waals surface area (Å²) in [4.78, 5) is 12.0. The highest BCUT2D eigenvalue weighted by atomic mass is 16.5. The molecule has 1 saturated heterocycles. The molecule has 2 aliphatic rings. The van der Waals surface area contributed by atoms with Crippen LogP contribution < -0.4 is 5.32 Å². The Hall–Kier alpha value is -1.81. The van der Waals surface area contributed by atoms with E-state index in [0.717, 1.165) is 19.4 Å². The first-order chi connectivity index (χ1) is 11.1. The lowest BCUT2D eigenvalue weighted by Gasteiger charge is -2.39. The summed E-state index contributed by atoms with van der Waals surface area (Å²) < 4.78 is 7.34. The van der Waals surface area contributed by atoms with Gasteiger partial charge in [-0.3, -0.25) is 4.79 Å². The molecular weight excluding hydrogens is 288 g/mol. The van der Waals surface area contributed by atoms with Crippen LogP contribution in [0.15, 0.2) is 24.4 Å². The lowest BCUT2D eigenvalue weighted by Crippen LogP contribution is -2.48. The van der Waals surface area contributed by atoms with Gasteiger partial charge in [0.15, 0.2) is 0 Å². The highest BCUT2D eigenvalue weighted by Crippen LogP contribution is 2.43. The molecular formula is C19H24N2O2. The average Bonchev–Trinajstić information content (AvgIpc) is 2.94. The Balaban J connectivity index is 1.80. The van der Waals surface area contributed by atoms with Crippen LogP contribution in [0.1, 0.15) is 43.4 Å². The molecule has 4 nitrogen and oxygen atoms in total. The Labute approximate surface area is 136 Å². The molecule has 1 aliphatic heterocycles. The summed E-state index contributed by atoms with van der Waals surface area (Å²) in [5.74, 6) is 0.269. The third-order valence-corrected chi connectivity index (χ3v) is 5.55. The van der Waals surface area contributed by atoms with Crippen molar-refractivity contribution in [1.82, 2.24) is 9.88 Å². The number of methoxy groups -OCH3 is 1. The maximum absolute atomic E-state index is 12.0. The molecule has 4 heteroatoms. The van der Waals surface area contributed by atoms with Crippen LogP contribution in [-0.2, 0) is 16.0 Å². The van der Waals surface area contributed by atoms with Crippen molar-refractivity contribution in [3.05, 3.63) is 35.5 Å². The van der Waals surface area contributed by atoms with Crippen molar-refractivity contribution in [2.45, 2.75) is 44.7 Å². The second-order valence-corrected chi connectivity index (χ2v) is 7.18. The third kappa shape index (κ3) is 2.19. The minimum absolute atomic E-state index is 0.0368. The van der Waals surface area contributed by atoms with Crippen LogP contribution in [-0.4, -0.2) is 30.2 Å². The smallest absolute Gasteiger partial charge is 0.309 e. The highest BCUT2D eigenvalue weighted by Gasteiger charge is 2.39. The van der Waals surface area contributed by atoms with Crippen LogP contribution in [0, 0.1) is 5.92 Å². The van der Waals surface area contributed by atoms with Gasteiger partial charge in [0.25, 0.3) is 0 Å². The minimum Gasteiger partial charge on any atom is -0.469 e. The van der Waals surface area contributed by atoms with Gasteiger partial charge < -0.3 is 14.6 Å². The molecule has 1 unspecified atom stereocenters. The lowest BCUT2D eigenvalue weighted by atomic mass is 9.73. The number of piperidine rings is 1. The first kappa shape index (κ1) is 14.8. The topological polar surface area (TPSA) is 43.3 Å². The van der Waals surface area contributed by atoms with E-state index < -0.39 is 0 Å². The predicted octanol–water partition coefficient (Wildman–Crippen LogP) is 3.01. The summed E-state index contributed by atoms with van der Waals surface area (Å²) in [6.45, 7) is 5.18. The molecule has 4 rings (SSSR count). The fourth-order valence-electron chi connectivity index (χ4n) is 4.45. The molecule has 3 atom stereocenters. The number of nitrogens with zero attached hydrogens (tertiary/aromatic N) is 1. The number of esters is 1. The highest BCUT2D eigenvalue weighted by molar-refractivity contribution is 5.89. The van der Waals surface area contributed by atoms with E-state index in [1.54, 1.807) is 0 Å². The second-order valence-electron chi connectivity index (χ2n) is 7.18. The van der Waals surface area contributed by atoms with Crippen molar-refractivity contribution in [3.63, 3.8) is 0 Å². The first-order valence-corrected chi connectivity index (χ1v) is 8.53. The molecule has 1 aliphatic carbocycles. The molecule has 0 saturated carbocycles. The summed E-state index contributed by atoms with van der Waals surface area (Å²) in [5, 5.41) is 5.01. The Bertz CT molecular complexity index is 762. The van der Waals surface area contributed by atoms with Crippen molar-refractivity contribution >= 4 is 16.9 Å². The molecule has 1 aromatic carbocycles. The van der Waals surface area contributed by atoms with Crippen LogP contribution >= 0.6 is 0 Å². The van der Waals surface area contributed by atoms with Gasteiger partial charge in [-0.25, -0.2) is 0 Å². The van der Waals surface area contributed by atoms with E-state index in [1.165, 1.54) is 29.1 Å². The SMILES string of the molecule is COC(=O)C1CN[C@@H]2Cc3cn(C(C)C)c4cccc(c34)[C@H]2C1. The Morgan fingerprint density at radius 2 is 2.22 bits per heavy atom. The maximum Gasteiger partial charge on any atom is 0.309 e. The molecule has 2 heterocycles. The predicted molar refractivity (Wildman–Crippen MR) is 90.7 cm³/mol. The lowest BCUT2D eigenvalue weighted by molar-refractivity contribution is -0.146. The number of rotatable bonds is 2. The van der Waals surface area contributed by atoms with Gasteiger partial charge in [0, 0.05) is 41.6 Å². The van der Waals surface area contributed by atoms with Crippen LogP contribution in [0.2, 0.25) is 0 Å². The van der Waals surface area contributed by atoms with Crippen LogP contribution in [0.4, 0.5) is 0 Å². The molecule has 0 bridgehead atoms. The van der Waals surface area contributed by atoms with Gasteiger partial charge in [0.2, 0.25) is 0 Å². The Morgan fingerprint density at radius 3 is 2.96 bits per heavy atom. The molecule has 0 amide bonds. The van der Waals surface area contributed by atoms with E-state index in [1.807, 2.05) is 0 Å². The van der Waals surface area contributed by atoms with Crippen molar-refractivity contribution in [1.29, 1.82) is 0 Å². The number of fused-ring (bicyclic) bond motifs is 2. The summed E-state index contributed by atoms with van der Waals surface area (Å²) in [5.41, 5.74) is 4.16. The molecule has 1 fully saturated rings. The van der Waals surface area contributed by atoms with Crippen LogP contribution in [0.5, 0.6) is 0 Å². The standard InChI is InChI=1S/C19H24N2O2/c1-11(2)21-10-13-8-16-15(7-12(9-20-16)19(22)23-3)14-5-4-6-17(21)18(13)14/h4-6,10-12,15-16,20H,7-9H2,1-3H3/t12?,15-,16-/m1/s1. The van der Waals surface area contributed by atoms with Crippen molar-refractivity contribution in [2.75, 3.05) is 13.7 Å². The Kier molecular flexibility index (Phi) is 3.45. The van der Waals surface area contributed by atoms with Crippen LogP contribution in [0.25, 0.3) is 10.9 Å². The van der Waals surface area contributed by atoms with E-state index in [2.05, 4.69) is 48.1 Å². The number of hydrogen-bond donors (Lipinski definition) is 1. The quantitative estimate of drug-likeness (QED) is 0.867. The largest absolute Gasteiger partial charge is 0.469 e. The fourth-order valence-corrected chi connectivity index (χ4v) is 4.45. The number of carbonyl (C=O) groups is 1. The summed E-state index contributed by atoms with van der Waals surface area (Å²) >= 11 is 0. The van der Waals surface area contributed by atoms with E-state index in [-0.39, 0.29) is 11.9 Å². The van der Waals surface area contributed by atoms with Gasteiger partial charge in [0.1, 0.15) is 0 Å². The second kappa shape index (κ2) is 5.38. The summed E-state index contributed by atoms with van der Waals surface area (Å²) in [6, 6.07) is 7.50. The van der Waals surface area contributed by atoms with E-state index in [4.69, 9.17) is 4.74 Å². The molecule has 1 N–H and O–H groups in total. The van der Waals surface area contributed by atoms with E-state index in [9.17, 15) is 4.79 Å². The summed E-state index contributed by atoms with van der Waals surface area (Å²) in [7, 11) is 1.48. The maximum atomic E-state index is 12.0. The van der Waals surface area contributed by atoms with Crippen LogP contribution in [0.3, 0.4) is 0 Å². The Morgan fingerprint density at radius 1 is 1.39 bits per heavy atom. The van der Waals surface area contributed by atoms with Gasteiger partial charge in [-0.1, -0.05) is 12.1 Å². The number of hydrogen-bond acceptors (Lipinski definition) is 3. The van der Waals surface area contributed by atoms with E-state index >= 15 is 0 Å². The molecule has 0 radical (unpaired) electrons. The fraction of sp³-hybridized carbons (Fsp3) is 0.526. The molecule has 1 aromatic heterocycles. The van der Waals surface area contributed by atoms with Gasteiger partial charge in [-0.05, 0) is 43.9 Å². The zero-order chi connectivity index (χ0) is 16.1. The number of nitrogens with one attached hydrogen (secondary N) is 1. The average molecular weight is 312 g/mol. The van der Waals surface area contributed by atoms with E-state index in [0.29, 0.717) is 18.0 Å². The number of aromatic nitrogens is 1. The molecule has 2 aromatic rings. The van der Waals surface area contributed by atoms with Gasteiger partial charge in [-0.15, -0.1) is 0 Å². The molecule has 122 valence electrons. The van der Waals surface area contributed by atoms with Gasteiger partial charge in [-0.2, -0.15) is 0 Å². The summed E-state index contributed by atoms with van der Waals surface area (Å²) in [6.07, 6.45) is 4.25. The molecule has 23 heavy (non-hydrogen) atoms. The number of benzene rings is 1. The minimum atomic E-state index is -0.0892.